The van der Waals surface area contributed by atoms with Crippen molar-refractivity contribution in [1.29, 1.82) is 0 Å². The van der Waals surface area contributed by atoms with Crippen LogP contribution in [0.1, 0.15) is 25.1 Å². The second kappa shape index (κ2) is 11.0. The minimum absolute atomic E-state index is 0.218. The van der Waals surface area contributed by atoms with Gasteiger partial charge in [-0.25, -0.2) is 14.1 Å². The number of alkyl halides is 3. The van der Waals surface area contributed by atoms with Crippen LogP contribution in [0.15, 0.2) is 58.9 Å². The van der Waals surface area contributed by atoms with E-state index in [1.165, 1.54) is 29.5 Å². The van der Waals surface area contributed by atoms with Crippen LogP contribution in [0.3, 0.4) is 0 Å². The van der Waals surface area contributed by atoms with Crippen molar-refractivity contribution in [3.63, 3.8) is 0 Å². The largest absolute Gasteiger partial charge is 0.416 e. The van der Waals surface area contributed by atoms with E-state index < -0.39 is 11.7 Å². The first-order chi connectivity index (χ1) is 16.5. The molecule has 0 bridgehead atoms. The topological polar surface area (TPSA) is 64.8 Å². The van der Waals surface area contributed by atoms with Crippen molar-refractivity contribution in [2.45, 2.75) is 36.4 Å². The van der Waals surface area contributed by atoms with Crippen molar-refractivity contribution < 1.29 is 27.2 Å². The molecular formula is C24H19F4N3O2S2. The Hall–Kier alpha value is -3.27. The summed E-state index contributed by atoms with van der Waals surface area (Å²) >= 11 is 2.91. The third-order valence-electron chi connectivity index (χ3n) is 4.62. The molecule has 4 rings (SSSR count). The van der Waals surface area contributed by atoms with Gasteiger partial charge in [-0.1, -0.05) is 49.4 Å². The van der Waals surface area contributed by atoms with Gasteiger partial charge in [-0.2, -0.15) is 27.9 Å². The van der Waals surface area contributed by atoms with Gasteiger partial charge in [0, 0.05) is 22.6 Å². The Morgan fingerprint density at radius 3 is 2.34 bits per heavy atom. The number of thioether (sulfide) groups is 1. The molecule has 2 aromatic carbocycles. The lowest BCUT2D eigenvalue weighted by Gasteiger charge is -2.09. The molecule has 0 spiro atoms. The van der Waals surface area contributed by atoms with E-state index in [9.17, 15) is 17.6 Å². The van der Waals surface area contributed by atoms with Gasteiger partial charge in [0.1, 0.15) is 5.82 Å². The van der Waals surface area contributed by atoms with Crippen molar-refractivity contribution in [3.05, 3.63) is 71.8 Å². The lowest BCUT2D eigenvalue weighted by Crippen LogP contribution is -2.04. The van der Waals surface area contributed by atoms with Crippen LogP contribution < -0.4 is 0 Å². The van der Waals surface area contributed by atoms with E-state index in [2.05, 4.69) is 10.1 Å². The van der Waals surface area contributed by atoms with Gasteiger partial charge in [-0.15, -0.1) is 11.8 Å². The van der Waals surface area contributed by atoms with Gasteiger partial charge in [0.15, 0.2) is 0 Å². The molecule has 182 valence electrons. The summed E-state index contributed by atoms with van der Waals surface area (Å²) in [5.41, 5.74) is 2.34. The molecule has 2 aromatic heterocycles. The summed E-state index contributed by atoms with van der Waals surface area (Å²) in [5, 5.41) is 5.28. The van der Waals surface area contributed by atoms with Crippen LogP contribution in [0.25, 0.3) is 27.5 Å². The van der Waals surface area contributed by atoms with Crippen LogP contribution in [-0.4, -0.2) is 26.2 Å². The molecule has 2 heterocycles. The molecule has 35 heavy (non-hydrogen) atoms. The fourth-order valence-corrected chi connectivity index (χ4v) is 5.66. The third-order valence-corrected chi connectivity index (χ3v) is 6.88. The minimum Gasteiger partial charge on any atom is -0.217 e. The standard InChI is InChI=1S/C23H19F4N3S2.CO2/c1-13(2)31-21-20(16-7-4-8-17(10-16)23(25,26)27)28-22(32-21)30-12-19(14(3)29-30)15-6-5-9-18(24)11-15;2-1-3/h4-13H,1-3H3;. The van der Waals surface area contributed by atoms with Gasteiger partial charge in [0.05, 0.1) is 21.2 Å². The molecule has 11 heteroatoms. The number of carbonyl (C=O) groups excluding carboxylic acids is 2. The Balaban J connectivity index is 0.00000108. The second-order valence-corrected chi connectivity index (χ2v) is 10.4. The van der Waals surface area contributed by atoms with Crippen molar-refractivity contribution in [2.75, 3.05) is 0 Å². The fourth-order valence-electron chi connectivity index (χ4n) is 3.21. The van der Waals surface area contributed by atoms with Gasteiger partial charge in [-0.3, -0.25) is 0 Å². The normalized spacial score (nSPS) is 11.2. The number of aryl methyl sites for hydroxylation is 1. The summed E-state index contributed by atoms with van der Waals surface area (Å²) in [4.78, 5) is 20.9. The van der Waals surface area contributed by atoms with E-state index in [1.54, 1.807) is 40.8 Å². The Kier molecular flexibility index (Phi) is 8.26. The van der Waals surface area contributed by atoms with E-state index in [0.29, 0.717) is 27.6 Å². The van der Waals surface area contributed by atoms with Crippen molar-refractivity contribution in [2.24, 2.45) is 0 Å². The molecule has 0 unspecified atom stereocenters. The van der Waals surface area contributed by atoms with E-state index >= 15 is 0 Å². The maximum Gasteiger partial charge on any atom is 0.416 e. The van der Waals surface area contributed by atoms with Crippen LogP contribution in [0.2, 0.25) is 0 Å². The number of benzene rings is 2. The number of hydrogen-bond acceptors (Lipinski definition) is 6. The molecule has 0 radical (unpaired) electrons. The van der Waals surface area contributed by atoms with Crippen molar-refractivity contribution in [3.8, 4) is 27.5 Å². The van der Waals surface area contributed by atoms with E-state index in [1.807, 2.05) is 20.8 Å². The highest BCUT2D eigenvalue weighted by molar-refractivity contribution is 8.01. The molecule has 0 saturated heterocycles. The summed E-state index contributed by atoms with van der Waals surface area (Å²) in [6.45, 7) is 5.85. The predicted molar refractivity (Wildman–Crippen MR) is 126 cm³/mol. The van der Waals surface area contributed by atoms with Crippen LogP contribution in [0, 0.1) is 12.7 Å². The highest BCUT2D eigenvalue weighted by atomic mass is 32.2. The molecule has 0 aliphatic rings. The van der Waals surface area contributed by atoms with E-state index in [0.717, 1.165) is 21.9 Å². The Labute approximate surface area is 206 Å². The van der Waals surface area contributed by atoms with Crippen LogP contribution in [-0.2, 0) is 15.8 Å². The van der Waals surface area contributed by atoms with Crippen molar-refractivity contribution >= 4 is 29.3 Å². The minimum atomic E-state index is -4.43. The van der Waals surface area contributed by atoms with Gasteiger partial charge >= 0.3 is 12.3 Å². The number of thiazole rings is 1. The first-order valence-corrected chi connectivity index (χ1v) is 11.9. The zero-order valence-electron chi connectivity index (χ0n) is 18.8. The van der Waals surface area contributed by atoms with Crippen LogP contribution >= 0.6 is 23.1 Å². The smallest absolute Gasteiger partial charge is 0.217 e. The zero-order valence-corrected chi connectivity index (χ0v) is 20.4. The van der Waals surface area contributed by atoms with Crippen LogP contribution in [0.5, 0.6) is 0 Å². The number of aromatic nitrogens is 3. The van der Waals surface area contributed by atoms with Gasteiger partial charge in [0.25, 0.3) is 0 Å². The zero-order chi connectivity index (χ0) is 25.8. The first kappa shape index (κ1) is 26.3. The van der Waals surface area contributed by atoms with Gasteiger partial charge < -0.3 is 0 Å². The van der Waals surface area contributed by atoms with E-state index in [4.69, 9.17) is 9.59 Å². The third kappa shape index (κ3) is 6.45. The second-order valence-electron chi connectivity index (χ2n) is 7.54. The summed E-state index contributed by atoms with van der Waals surface area (Å²) in [6.07, 6.45) is -2.41. The molecule has 4 aromatic rings. The number of hydrogen-bond donors (Lipinski definition) is 0. The molecular weight excluding hydrogens is 502 g/mol. The Bertz CT molecular complexity index is 1360. The lowest BCUT2D eigenvalue weighted by atomic mass is 10.1. The highest BCUT2D eigenvalue weighted by Crippen LogP contribution is 2.41. The highest BCUT2D eigenvalue weighted by Gasteiger charge is 2.31. The Morgan fingerprint density at radius 2 is 1.71 bits per heavy atom. The summed E-state index contributed by atoms with van der Waals surface area (Å²) in [5.74, 6) is -0.341. The van der Waals surface area contributed by atoms with Crippen LogP contribution in [0.4, 0.5) is 17.6 Å². The number of halogens is 4. The maximum atomic E-state index is 13.7. The average molecular weight is 522 g/mol. The Morgan fingerprint density at radius 1 is 1.06 bits per heavy atom. The first-order valence-electron chi connectivity index (χ1n) is 10.2. The number of nitrogens with zero attached hydrogens (tertiary/aromatic N) is 3. The lowest BCUT2D eigenvalue weighted by molar-refractivity contribution is -0.191. The summed E-state index contributed by atoms with van der Waals surface area (Å²) in [6, 6.07) is 11.4. The predicted octanol–water partition coefficient (Wildman–Crippen LogP) is 7.05. The van der Waals surface area contributed by atoms with E-state index in [-0.39, 0.29) is 17.2 Å². The molecule has 0 atom stereocenters. The summed E-state index contributed by atoms with van der Waals surface area (Å²) < 4.78 is 55.8. The summed E-state index contributed by atoms with van der Waals surface area (Å²) in [7, 11) is 0. The monoisotopic (exact) mass is 521 g/mol. The molecule has 0 aliphatic heterocycles. The molecule has 0 fully saturated rings. The quantitative estimate of drug-likeness (QED) is 0.208. The van der Waals surface area contributed by atoms with Gasteiger partial charge in [-0.05, 0) is 36.8 Å². The van der Waals surface area contributed by atoms with Crippen molar-refractivity contribution in [1.82, 2.24) is 14.8 Å². The average Bonchev–Trinajstić information content (AvgIpc) is 3.37. The molecule has 0 saturated carbocycles. The SMILES string of the molecule is Cc1nn(-c2nc(-c3cccc(C(F)(F)F)c3)c(SC(C)C)s2)cc1-c1cccc(F)c1.O=C=O. The molecule has 0 aliphatic carbocycles. The fraction of sp³-hybridized carbons (Fsp3) is 0.208. The van der Waals surface area contributed by atoms with Gasteiger partial charge in [0.2, 0.25) is 5.13 Å². The maximum absolute atomic E-state index is 13.7. The number of rotatable bonds is 5. The molecule has 5 nitrogen and oxygen atoms in total. The molecule has 0 N–H and O–H groups in total. The molecule has 0 amide bonds.